The lowest BCUT2D eigenvalue weighted by molar-refractivity contribution is 0.299. The molecule has 1 N–H and O–H groups in total. The third-order valence-electron chi connectivity index (χ3n) is 4.93. The minimum Gasteiger partial charge on any atom is -0.497 e. The van der Waals surface area contributed by atoms with E-state index in [2.05, 4.69) is 25.6 Å². The van der Waals surface area contributed by atoms with Crippen molar-refractivity contribution in [3.63, 3.8) is 0 Å². The second-order valence-corrected chi connectivity index (χ2v) is 7.42. The molecule has 0 amide bonds. The first kappa shape index (κ1) is 21.6. The second-order valence-electron chi connectivity index (χ2n) is 7.01. The molecule has 4 rings (SSSR count). The van der Waals surface area contributed by atoms with Crippen molar-refractivity contribution in [2.75, 3.05) is 14.2 Å². The lowest BCUT2D eigenvalue weighted by atomic mass is 10.1. The first-order valence-electron chi connectivity index (χ1n) is 9.97. The number of nitrogens with one attached hydrogen (secondary N) is 1. The normalized spacial score (nSPS) is 10.7. The van der Waals surface area contributed by atoms with E-state index in [4.69, 9.17) is 25.8 Å². The highest BCUT2D eigenvalue weighted by atomic mass is 35.5. The van der Waals surface area contributed by atoms with E-state index in [9.17, 15) is 0 Å². The number of benzene rings is 2. The van der Waals surface area contributed by atoms with Crippen LogP contribution in [0.5, 0.6) is 17.2 Å². The highest BCUT2D eigenvalue weighted by Gasteiger charge is 2.12. The van der Waals surface area contributed by atoms with Crippen molar-refractivity contribution in [2.24, 2.45) is 0 Å². The summed E-state index contributed by atoms with van der Waals surface area (Å²) < 4.78 is 16.7. The number of hydrogen-bond acceptors (Lipinski definition) is 7. The number of nitrogens with zero attached hydrogens (tertiary/aromatic N) is 4. The fourth-order valence-electron chi connectivity index (χ4n) is 3.27. The fraction of sp³-hybridized carbons (Fsp3) is 0.217. The van der Waals surface area contributed by atoms with Crippen LogP contribution in [0.4, 0.5) is 0 Å². The van der Waals surface area contributed by atoms with Crippen LogP contribution in [0.1, 0.15) is 16.8 Å². The molecule has 32 heavy (non-hydrogen) atoms. The molecule has 2 aromatic carbocycles. The van der Waals surface area contributed by atoms with E-state index in [0.717, 1.165) is 28.8 Å². The Kier molecular flexibility index (Phi) is 6.81. The third-order valence-corrected chi connectivity index (χ3v) is 5.23. The van der Waals surface area contributed by atoms with Gasteiger partial charge in [-0.25, -0.2) is 0 Å². The van der Waals surface area contributed by atoms with Crippen LogP contribution in [-0.2, 0) is 19.4 Å². The van der Waals surface area contributed by atoms with E-state index in [1.54, 1.807) is 26.5 Å². The summed E-state index contributed by atoms with van der Waals surface area (Å²) in [5.74, 6) is 2.55. The predicted molar refractivity (Wildman–Crippen MR) is 120 cm³/mol. The first-order chi connectivity index (χ1) is 15.7. The zero-order valence-corrected chi connectivity index (χ0v) is 18.5. The Morgan fingerprint density at radius 3 is 2.31 bits per heavy atom. The molecule has 164 valence electrons. The standard InChI is InChI=1S/C23H22ClN5O3/c1-30-18-11-16(12-19(13-18)31-2)14-32-22-20(24)9-10-25-21(22)8-5-15-3-6-17(7-4-15)23-26-28-29-27-23/h3-4,6-7,9-13H,5,8,14H2,1-2H3,(H,26,27,28,29). The van der Waals surface area contributed by atoms with Gasteiger partial charge in [0.15, 0.2) is 5.75 Å². The Labute approximate surface area is 190 Å². The van der Waals surface area contributed by atoms with Crippen molar-refractivity contribution in [1.82, 2.24) is 25.6 Å². The van der Waals surface area contributed by atoms with Crippen molar-refractivity contribution in [3.8, 4) is 28.6 Å². The summed E-state index contributed by atoms with van der Waals surface area (Å²) in [5, 5.41) is 14.6. The van der Waals surface area contributed by atoms with Gasteiger partial charge in [-0.05, 0) is 47.4 Å². The second kappa shape index (κ2) is 10.1. The smallest absolute Gasteiger partial charge is 0.204 e. The molecular formula is C23H22ClN5O3. The molecule has 9 heteroatoms. The number of pyridine rings is 1. The Bertz CT molecular complexity index is 1140. The van der Waals surface area contributed by atoms with Gasteiger partial charge in [-0.1, -0.05) is 35.9 Å². The van der Waals surface area contributed by atoms with E-state index in [0.29, 0.717) is 41.1 Å². The van der Waals surface area contributed by atoms with Crippen molar-refractivity contribution in [2.45, 2.75) is 19.4 Å². The minimum absolute atomic E-state index is 0.311. The zero-order valence-electron chi connectivity index (χ0n) is 17.7. The van der Waals surface area contributed by atoms with Gasteiger partial charge in [-0.2, -0.15) is 5.21 Å². The van der Waals surface area contributed by atoms with Gasteiger partial charge in [0.1, 0.15) is 18.1 Å². The maximum atomic E-state index is 6.44. The Morgan fingerprint density at radius 2 is 1.66 bits per heavy atom. The summed E-state index contributed by atoms with van der Waals surface area (Å²) in [6.07, 6.45) is 3.15. The molecule has 0 saturated heterocycles. The van der Waals surface area contributed by atoms with Crippen LogP contribution in [0.15, 0.2) is 54.7 Å². The van der Waals surface area contributed by atoms with Gasteiger partial charge in [0.2, 0.25) is 5.82 Å². The number of tetrazole rings is 1. The molecule has 0 aliphatic carbocycles. The van der Waals surface area contributed by atoms with E-state index in [-0.39, 0.29) is 0 Å². The van der Waals surface area contributed by atoms with Crippen LogP contribution >= 0.6 is 11.6 Å². The van der Waals surface area contributed by atoms with E-state index < -0.39 is 0 Å². The molecule has 0 fully saturated rings. The molecule has 0 radical (unpaired) electrons. The summed E-state index contributed by atoms with van der Waals surface area (Å²) in [6, 6.07) is 15.4. The highest BCUT2D eigenvalue weighted by molar-refractivity contribution is 6.32. The molecule has 0 spiro atoms. The van der Waals surface area contributed by atoms with Crippen LogP contribution < -0.4 is 14.2 Å². The molecule has 0 bridgehead atoms. The minimum atomic E-state index is 0.311. The maximum Gasteiger partial charge on any atom is 0.204 e. The van der Waals surface area contributed by atoms with Gasteiger partial charge in [-0.15, -0.1) is 10.2 Å². The SMILES string of the molecule is COc1cc(COc2c(Cl)ccnc2CCc2ccc(-c3nn[nH]n3)cc2)cc(OC)c1. The van der Waals surface area contributed by atoms with E-state index in [1.807, 2.05) is 42.5 Å². The molecule has 0 aliphatic rings. The molecular weight excluding hydrogens is 430 g/mol. The van der Waals surface area contributed by atoms with Crippen LogP contribution in [0.25, 0.3) is 11.4 Å². The molecule has 0 aliphatic heterocycles. The first-order valence-corrected chi connectivity index (χ1v) is 10.3. The van der Waals surface area contributed by atoms with Crippen molar-refractivity contribution >= 4 is 11.6 Å². The predicted octanol–water partition coefficient (Wildman–Crippen LogP) is 4.30. The van der Waals surface area contributed by atoms with Gasteiger partial charge in [0.25, 0.3) is 0 Å². The fourth-order valence-corrected chi connectivity index (χ4v) is 3.49. The number of aryl methyl sites for hydroxylation is 2. The number of hydrogen-bond donors (Lipinski definition) is 1. The van der Waals surface area contributed by atoms with Gasteiger partial charge >= 0.3 is 0 Å². The number of rotatable bonds is 9. The van der Waals surface area contributed by atoms with Gasteiger partial charge in [0.05, 0.1) is 24.9 Å². The van der Waals surface area contributed by atoms with Crippen LogP contribution in [0, 0.1) is 0 Å². The number of aromatic nitrogens is 5. The van der Waals surface area contributed by atoms with Crippen molar-refractivity contribution < 1.29 is 14.2 Å². The molecule has 4 aromatic rings. The van der Waals surface area contributed by atoms with Gasteiger partial charge in [0, 0.05) is 17.8 Å². The number of halogens is 1. The quantitative estimate of drug-likeness (QED) is 0.405. The van der Waals surface area contributed by atoms with Crippen molar-refractivity contribution in [1.29, 1.82) is 0 Å². The summed E-state index contributed by atoms with van der Waals surface area (Å²) >= 11 is 6.44. The Hall–Kier alpha value is -3.65. The van der Waals surface area contributed by atoms with Gasteiger partial charge < -0.3 is 14.2 Å². The number of methoxy groups -OCH3 is 2. The third kappa shape index (κ3) is 5.15. The lowest BCUT2D eigenvalue weighted by Gasteiger charge is -2.14. The van der Waals surface area contributed by atoms with Crippen LogP contribution in [0.3, 0.4) is 0 Å². The Balaban J connectivity index is 1.45. The summed E-state index contributed by atoms with van der Waals surface area (Å²) in [6.45, 7) is 0.311. The monoisotopic (exact) mass is 451 g/mol. The summed E-state index contributed by atoms with van der Waals surface area (Å²) in [4.78, 5) is 4.50. The highest BCUT2D eigenvalue weighted by Crippen LogP contribution is 2.30. The number of aromatic amines is 1. The van der Waals surface area contributed by atoms with E-state index in [1.165, 1.54) is 0 Å². The lowest BCUT2D eigenvalue weighted by Crippen LogP contribution is -2.03. The number of ether oxygens (including phenoxy) is 3. The molecule has 0 unspecified atom stereocenters. The molecule has 0 saturated carbocycles. The van der Waals surface area contributed by atoms with Gasteiger partial charge in [-0.3, -0.25) is 4.98 Å². The maximum absolute atomic E-state index is 6.44. The van der Waals surface area contributed by atoms with Crippen molar-refractivity contribution in [3.05, 3.63) is 76.6 Å². The number of H-pyrrole nitrogens is 1. The topological polar surface area (TPSA) is 95.0 Å². The molecule has 8 nitrogen and oxygen atoms in total. The molecule has 2 heterocycles. The Morgan fingerprint density at radius 1 is 0.906 bits per heavy atom. The average Bonchev–Trinajstić information content (AvgIpc) is 3.37. The molecule has 2 aromatic heterocycles. The van der Waals surface area contributed by atoms with Crippen LogP contribution in [0.2, 0.25) is 5.02 Å². The zero-order chi connectivity index (χ0) is 22.3. The van der Waals surface area contributed by atoms with E-state index >= 15 is 0 Å². The van der Waals surface area contributed by atoms with Crippen LogP contribution in [-0.4, -0.2) is 39.8 Å². The summed E-state index contributed by atoms with van der Waals surface area (Å²) in [7, 11) is 3.23. The average molecular weight is 452 g/mol. The molecule has 0 atom stereocenters. The summed E-state index contributed by atoms with van der Waals surface area (Å²) in [5.41, 5.74) is 3.77. The largest absolute Gasteiger partial charge is 0.497 e.